The number of rotatable bonds is 5. The van der Waals surface area contributed by atoms with E-state index in [1.54, 1.807) is 11.2 Å². The molecule has 1 saturated heterocycles. The van der Waals surface area contributed by atoms with Gasteiger partial charge in [-0.3, -0.25) is 0 Å². The molecular formula is C10H22N2O2S. The highest BCUT2D eigenvalue weighted by Gasteiger charge is 2.28. The Morgan fingerprint density at radius 2 is 2.13 bits per heavy atom. The normalized spacial score (nSPS) is 23.3. The summed E-state index contributed by atoms with van der Waals surface area (Å²) >= 11 is 0. The first-order valence-electron chi connectivity index (χ1n) is 5.82. The van der Waals surface area contributed by atoms with Crippen molar-refractivity contribution in [2.75, 3.05) is 25.4 Å². The van der Waals surface area contributed by atoms with Crippen molar-refractivity contribution in [2.45, 2.75) is 39.2 Å². The van der Waals surface area contributed by atoms with Gasteiger partial charge in [-0.25, -0.2) is 8.42 Å². The van der Waals surface area contributed by atoms with E-state index in [0.717, 1.165) is 32.4 Å². The SMILES string of the molecule is CCCN(C1CCCNC1)S(=O)(=O)CC. The first kappa shape index (κ1) is 12.9. The molecule has 1 fully saturated rings. The van der Waals surface area contributed by atoms with Gasteiger partial charge >= 0.3 is 0 Å². The maximum absolute atomic E-state index is 11.9. The Morgan fingerprint density at radius 3 is 2.60 bits per heavy atom. The molecule has 0 radical (unpaired) electrons. The Kier molecular flexibility index (Phi) is 5.02. The number of nitrogens with one attached hydrogen (secondary N) is 1. The van der Waals surface area contributed by atoms with Crippen molar-refractivity contribution in [3.63, 3.8) is 0 Å². The molecule has 1 atom stereocenters. The summed E-state index contributed by atoms with van der Waals surface area (Å²) in [5, 5.41) is 3.26. The summed E-state index contributed by atoms with van der Waals surface area (Å²) in [6, 6.07) is 0.170. The molecule has 0 aromatic carbocycles. The molecule has 0 aliphatic carbocycles. The minimum Gasteiger partial charge on any atom is -0.315 e. The third-order valence-corrected chi connectivity index (χ3v) is 4.77. The minimum absolute atomic E-state index is 0.170. The van der Waals surface area contributed by atoms with Crippen LogP contribution < -0.4 is 5.32 Å². The second-order valence-corrected chi connectivity index (χ2v) is 6.22. The van der Waals surface area contributed by atoms with E-state index in [0.29, 0.717) is 6.54 Å². The van der Waals surface area contributed by atoms with E-state index in [9.17, 15) is 8.42 Å². The van der Waals surface area contributed by atoms with Gasteiger partial charge in [-0.2, -0.15) is 4.31 Å². The van der Waals surface area contributed by atoms with Gasteiger partial charge < -0.3 is 5.32 Å². The van der Waals surface area contributed by atoms with E-state index >= 15 is 0 Å². The van der Waals surface area contributed by atoms with Crippen LogP contribution in [0.1, 0.15) is 33.1 Å². The Labute approximate surface area is 93.1 Å². The van der Waals surface area contributed by atoms with Crippen LogP contribution in [-0.4, -0.2) is 44.2 Å². The van der Waals surface area contributed by atoms with Gasteiger partial charge in [-0.1, -0.05) is 6.92 Å². The summed E-state index contributed by atoms with van der Waals surface area (Å²) in [5.41, 5.74) is 0. The van der Waals surface area contributed by atoms with E-state index in [1.165, 1.54) is 0 Å². The molecule has 0 amide bonds. The zero-order valence-corrected chi connectivity index (χ0v) is 10.5. The monoisotopic (exact) mass is 234 g/mol. The van der Waals surface area contributed by atoms with Gasteiger partial charge in [0.05, 0.1) is 5.75 Å². The van der Waals surface area contributed by atoms with Crippen LogP contribution >= 0.6 is 0 Å². The van der Waals surface area contributed by atoms with Crippen LogP contribution in [0, 0.1) is 0 Å². The van der Waals surface area contributed by atoms with Crippen LogP contribution in [0.4, 0.5) is 0 Å². The number of hydrogen-bond donors (Lipinski definition) is 1. The molecule has 1 aliphatic heterocycles. The molecule has 0 aromatic rings. The fourth-order valence-corrected chi connectivity index (χ4v) is 3.44. The fraction of sp³-hybridized carbons (Fsp3) is 1.00. The molecule has 1 heterocycles. The zero-order valence-electron chi connectivity index (χ0n) is 9.70. The van der Waals surface area contributed by atoms with Crippen LogP contribution in [-0.2, 0) is 10.0 Å². The predicted molar refractivity (Wildman–Crippen MR) is 62.3 cm³/mol. The van der Waals surface area contributed by atoms with E-state index < -0.39 is 10.0 Å². The maximum atomic E-state index is 11.9. The molecule has 5 heteroatoms. The average molecular weight is 234 g/mol. The molecular weight excluding hydrogens is 212 g/mol. The molecule has 90 valence electrons. The van der Waals surface area contributed by atoms with Gasteiger partial charge in [0.1, 0.15) is 0 Å². The summed E-state index contributed by atoms with van der Waals surface area (Å²) in [6.07, 6.45) is 2.95. The number of piperidine rings is 1. The molecule has 0 spiro atoms. The molecule has 1 N–H and O–H groups in total. The fourth-order valence-electron chi connectivity index (χ4n) is 2.01. The van der Waals surface area contributed by atoms with Gasteiger partial charge in [-0.05, 0) is 32.7 Å². The van der Waals surface area contributed by atoms with E-state index in [-0.39, 0.29) is 11.8 Å². The van der Waals surface area contributed by atoms with Crippen LogP contribution in [0.3, 0.4) is 0 Å². The number of sulfonamides is 1. The molecule has 0 saturated carbocycles. The zero-order chi connectivity index (χ0) is 11.3. The van der Waals surface area contributed by atoms with Crippen molar-refractivity contribution in [3.05, 3.63) is 0 Å². The lowest BCUT2D eigenvalue weighted by Gasteiger charge is -2.33. The number of nitrogens with zero attached hydrogens (tertiary/aromatic N) is 1. The van der Waals surface area contributed by atoms with Crippen molar-refractivity contribution in [1.29, 1.82) is 0 Å². The standard InChI is InChI=1S/C10H22N2O2S/c1-3-8-12(15(13,14)4-2)10-6-5-7-11-9-10/h10-11H,3-9H2,1-2H3. The van der Waals surface area contributed by atoms with E-state index in [1.807, 2.05) is 6.92 Å². The lowest BCUT2D eigenvalue weighted by Crippen LogP contribution is -2.49. The molecule has 1 unspecified atom stereocenters. The van der Waals surface area contributed by atoms with Gasteiger partial charge in [0.25, 0.3) is 0 Å². The highest BCUT2D eigenvalue weighted by Crippen LogP contribution is 2.15. The summed E-state index contributed by atoms with van der Waals surface area (Å²) in [4.78, 5) is 0. The molecule has 0 bridgehead atoms. The molecule has 15 heavy (non-hydrogen) atoms. The minimum atomic E-state index is -3.03. The van der Waals surface area contributed by atoms with E-state index in [2.05, 4.69) is 5.32 Å². The lowest BCUT2D eigenvalue weighted by molar-refractivity contribution is 0.266. The Morgan fingerprint density at radius 1 is 1.40 bits per heavy atom. The third-order valence-electron chi connectivity index (χ3n) is 2.84. The maximum Gasteiger partial charge on any atom is 0.214 e. The van der Waals surface area contributed by atoms with Crippen molar-refractivity contribution in [3.8, 4) is 0 Å². The smallest absolute Gasteiger partial charge is 0.214 e. The molecule has 0 aromatic heterocycles. The summed E-state index contributed by atoms with van der Waals surface area (Å²) in [7, 11) is -3.03. The van der Waals surface area contributed by atoms with Gasteiger partial charge in [0, 0.05) is 19.1 Å². The van der Waals surface area contributed by atoms with Gasteiger partial charge in [0.2, 0.25) is 10.0 Å². The third kappa shape index (κ3) is 3.43. The van der Waals surface area contributed by atoms with E-state index in [4.69, 9.17) is 0 Å². The van der Waals surface area contributed by atoms with Gasteiger partial charge in [-0.15, -0.1) is 0 Å². The Balaban J connectivity index is 2.72. The quantitative estimate of drug-likeness (QED) is 0.765. The van der Waals surface area contributed by atoms with Crippen LogP contribution in [0.15, 0.2) is 0 Å². The summed E-state index contributed by atoms with van der Waals surface area (Å²) < 4.78 is 25.5. The number of hydrogen-bond acceptors (Lipinski definition) is 3. The highest BCUT2D eigenvalue weighted by atomic mass is 32.2. The summed E-state index contributed by atoms with van der Waals surface area (Å²) in [6.45, 7) is 6.22. The molecule has 1 rings (SSSR count). The van der Waals surface area contributed by atoms with Crippen LogP contribution in [0.2, 0.25) is 0 Å². The first-order chi connectivity index (χ1) is 7.11. The van der Waals surface area contributed by atoms with Crippen LogP contribution in [0.25, 0.3) is 0 Å². The molecule has 1 aliphatic rings. The largest absolute Gasteiger partial charge is 0.315 e. The predicted octanol–water partition coefficient (Wildman–Crippen LogP) is 0.800. The second-order valence-electron chi connectivity index (χ2n) is 4.01. The van der Waals surface area contributed by atoms with Crippen molar-refractivity contribution >= 4 is 10.0 Å². The van der Waals surface area contributed by atoms with Crippen molar-refractivity contribution < 1.29 is 8.42 Å². The summed E-state index contributed by atoms with van der Waals surface area (Å²) in [5.74, 6) is 0.212. The average Bonchev–Trinajstić information content (AvgIpc) is 2.27. The second kappa shape index (κ2) is 5.82. The topological polar surface area (TPSA) is 49.4 Å². The van der Waals surface area contributed by atoms with Crippen molar-refractivity contribution in [2.24, 2.45) is 0 Å². The van der Waals surface area contributed by atoms with Crippen molar-refractivity contribution in [1.82, 2.24) is 9.62 Å². The Hall–Kier alpha value is -0.130. The molecule has 4 nitrogen and oxygen atoms in total. The van der Waals surface area contributed by atoms with Crippen LogP contribution in [0.5, 0.6) is 0 Å². The Bertz CT molecular complexity index is 271. The lowest BCUT2D eigenvalue weighted by atomic mass is 10.1. The first-order valence-corrected chi connectivity index (χ1v) is 7.43. The highest BCUT2D eigenvalue weighted by molar-refractivity contribution is 7.89. The van der Waals surface area contributed by atoms with Gasteiger partial charge in [0.15, 0.2) is 0 Å².